The minimum Gasteiger partial charge on any atom is -0.460 e. The molecular formula is C19H23N5O4. The quantitative estimate of drug-likeness (QED) is 0.650. The van der Waals surface area contributed by atoms with Crippen LogP contribution in [0.3, 0.4) is 0 Å². The van der Waals surface area contributed by atoms with Crippen LogP contribution < -0.4 is 9.64 Å². The SMILES string of the molecule is CN(C)c1ncnc2c1nc(OCc1ccccc1)n2C1CC(O)C(CO)O1. The molecule has 2 N–H and O–H groups in total. The van der Waals surface area contributed by atoms with Crippen molar-refractivity contribution in [1.82, 2.24) is 19.5 Å². The van der Waals surface area contributed by atoms with Gasteiger partial charge < -0.3 is 24.6 Å². The second-order valence-electron chi connectivity index (χ2n) is 6.92. The second-order valence-corrected chi connectivity index (χ2v) is 6.92. The van der Waals surface area contributed by atoms with Gasteiger partial charge in [0.25, 0.3) is 0 Å². The summed E-state index contributed by atoms with van der Waals surface area (Å²) in [6.07, 6.45) is -0.206. The number of ether oxygens (including phenoxy) is 2. The largest absolute Gasteiger partial charge is 0.460 e. The lowest BCUT2D eigenvalue weighted by Gasteiger charge is -2.17. The van der Waals surface area contributed by atoms with Crippen LogP contribution >= 0.6 is 0 Å². The summed E-state index contributed by atoms with van der Waals surface area (Å²) >= 11 is 0. The molecule has 1 aliphatic rings. The van der Waals surface area contributed by atoms with E-state index in [9.17, 15) is 10.2 Å². The fourth-order valence-electron chi connectivity index (χ4n) is 3.33. The molecular weight excluding hydrogens is 362 g/mol. The summed E-state index contributed by atoms with van der Waals surface area (Å²) in [5, 5.41) is 19.6. The molecule has 1 aromatic carbocycles. The number of anilines is 1. The van der Waals surface area contributed by atoms with Crippen molar-refractivity contribution in [3.63, 3.8) is 0 Å². The second kappa shape index (κ2) is 7.70. The first-order valence-electron chi connectivity index (χ1n) is 9.10. The maximum absolute atomic E-state index is 10.2. The van der Waals surface area contributed by atoms with E-state index < -0.39 is 18.4 Å². The Morgan fingerprint density at radius 3 is 2.71 bits per heavy atom. The third kappa shape index (κ3) is 3.39. The van der Waals surface area contributed by atoms with Crippen molar-refractivity contribution in [2.45, 2.75) is 31.5 Å². The van der Waals surface area contributed by atoms with E-state index in [0.717, 1.165) is 5.56 Å². The Bertz CT molecular complexity index is 946. The van der Waals surface area contributed by atoms with Crippen molar-refractivity contribution in [3.05, 3.63) is 42.2 Å². The van der Waals surface area contributed by atoms with Gasteiger partial charge in [0.1, 0.15) is 25.3 Å². The molecule has 0 saturated carbocycles. The molecule has 28 heavy (non-hydrogen) atoms. The lowest BCUT2D eigenvalue weighted by Crippen LogP contribution is -2.24. The van der Waals surface area contributed by atoms with E-state index in [1.165, 1.54) is 6.33 Å². The Hall–Kier alpha value is -2.75. The van der Waals surface area contributed by atoms with E-state index in [2.05, 4.69) is 15.0 Å². The maximum Gasteiger partial charge on any atom is 0.301 e. The van der Waals surface area contributed by atoms with Gasteiger partial charge in [-0.15, -0.1) is 0 Å². The van der Waals surface area contributed by atoms with E-state index in [4.69, 9.17) is 9.47 Å². The predicted octanol–water partition coefficient (Wildman–Crippen LogP) is 1.11. The highest BCUT2D eigenvalue weighted by Crippen LogP contribution is 2.36. The zero-order valence-corrected chi connectivity index (χ0v) is 15.8. The fraction of sp³-hybridized carbons (Fsp3) is 0.421. The van der Waals surface area contributed by atoms with E-state index in [-0.39, 0.29) is 6.61 Å². The summed E-state index contributed by atoms with van der Waals surface area (Å²) in [7, 11) is 3.76. The molecule has 0 amide bonds. The third-order valence-corrected chi connectivity index (χ3v) is 4.73. The Labute approximate surface area is 162 Å². The average molecular weight is 385 g/mol. The molecule has 4 rings (SSSR count). The molecule has 3 unspecified atom stereocenters. The zero-order valence-electron chi connectivity index (χ0n) is 15.8. The number of aromatic nitrogens is 4. The molecule has 0 radical (unpaired) electrons. The third-order valence-electron chi connectivity index (χ3n) is 4.73. The van der Waals surface area contributed by atoms with Gasteiger partial charge in [0.2, 0.25) is 0 Å². The molecule has 0 aliphatic carbocycles. The van der Waals surface area contributed by atoms with Crippen molar-refractivity contribution < 1.29 is 19.7 Å². The van der Waals surface area contributed by atoms with E-state index in [1.807, 2.05) is 49.3 Å². The number of hydrogen-bond donors (Lipinski definition) is 2. The number of hydrogen-bond acceptors (Lipinski definition) is 8. The fourth-order valence-corrected chi connectivity index (χ4v) is 3.33. The monoisotopic (exact) mass is 385 g/mol. The van der Waals surface area contributed by atoms with Crippen LogP contribution in [0.2, 0.25) is 0 Å². The summed E-state index contributed by atoms with van der Waals surface area (Å²) < 4.78 is 13.6. The highest BCUT2D eigenvalue weighted by atomic mass is 16.6. The molecule has 1 aliphatic heterocycles. The first-order valence-corrected chi connectivity index (χ1v) is 9.10. The summed E-state index contributed by atoms with van der Waals surface area (Å²) in [6, 6.07) is 10.1. The smallest absolute Gasteiger partial charge is 0.301 e. The molecule has 9 nitrogen and oxygen atoms in total. The van der Waals surface area contributed by atoms with Gasteiger partial charge in [0.05, 0.1) is 12.7 Å². The van der Waals surface area contributed by atoms with Gasteiger partial charge in [-0.2, -0.15) is 4.98 Å². The summed E-state index contributed by atoms with van der Waals surface area (Å²) in [5.74, 6) is 0.658. The molecule has 3 atom stereocenters. The van der Waals surface area contributed by atoms with Crippen LogP contribution in [0.25, 0.3) is 11.2 Å². The molecule has 2 aromatic heterocycles. The van der Waals surface area contributed by atoms with Crippen molar-refractivity contribution in [3.8, 4) is 6.01 Å². The van der Waals surface area contributed by atoms with E-state index in [1.54, 1.807) is 4.57 Å². The lowest BCUT2D eigenvalue weighted by molar-refractivity contribution is -0.0456. The Balaban J connectivity index is 1.75. The lowest BCUT2D eigenvalue weighted by atomic mass is 10.2. The number of nitrogens with zero attached hydrogens (tertiary/aromatic N) is 5. The van der Waals surface area contributed by atoms with Crippen molar-refractivity contribution in [1.29, 1.82) is 0 Å². The average Bonchev–Trinajstić information content (AvgIpc) is 3.26. The maximum atomic E-state index is 10.2. The minimum atomic E-state index is -0.774. The van der Waals surface area contributed by atoms with Crippen LogP contribution in [-0.4, -0.2) is 62.6 Å². The summed E-state index contributed by atoms with van der Waals surface area (Å²) in [4.78, 5) is 15.2. The van der Waals surface area contributed by atoms with Crippen molar-refractivity contribution in [2.75, 3.05) is 25.6 Å². The molecule has 1 saturated heterocycles. The highest BCUT2D eigenvalue weighted by molar-refractivity contribution is 5.84. The van der Waals surface area contributed by atoms with Crippen LogP contribution in [-0.2, 0) is 11.3 Å². The summed E-state index contributed by atoms with van der Waals surface area (Å²) in [6.45, 7) is 0.0655. The van der Waals surface area contributed by atoms with Crippen molar-refractivity contribution >= 4 is 17.0 Å². The van der Waals surface area contributed by atoms with Gasteiger partial charge in [0, 0.05) is 20.5 Å². The van der Waals surface area contributed by atoms with Crippen LogP contribution in [0.1, 0.15) is 18.2 Å². The van der Waals surface area contributed by atoms with Gasteiger partial charge in [-0.25, -0.2) is 9.97 Å². The predicted molar refractivity (Wildman–Crippen MR) is 102 cm³/mol. The Morgan fingerprint density at radius 2 is 2.04 bits per heavy atom. The molecule has 1 fully saturated rings. The molecule has 148 valence electrons. The van der Waals surface area contributed by atoms with E-state index in [0.29, 0.717) is 36.0 Å². The number of rotatable bonds is 6. The number of imidazole rings is 1. The standard InChI is InChI=1S/C19H23N5O4/c1-23(2)17-16-18(21-11-20-17)24(15-8-13(26)14(9-25)28-15)19(22-16)27-10-12-6-4-3-5-7-12/h3-7,11,13-15,25-26H,8-10H2,1-2H3. The van der Waals surface area contributed by atoms with Crippen molar-refractivity contribution in [2.24, 2.45) is 0 Å². The van der Waals surface area contributed by atoms with Crippen LogP contribution in [0, 0.1) is 0 Å². The first-order chi connectivity index (χ1) is 13.6. The van der Waals surface area contributed by atoms with Gasteiger partial charge in [-0.1, -0.05) is 30.3 Å². The molecule has 9 heteroatoms. The Morgan fingerprint density at radius 1 is 1.25 bits per heavy atom. The summed E-state index contributed by atoms with van der Waals surface area (Å²) in [5.41, 5.74) is 2.14. The molecule has 0 spiro atoms. The van der Waals surface area contributed by atoms with Gasteiger partial charge in [0.15, 0.2) is 17.0 Å². The van der Waals surface area contributed by atoms with Gasteiger partial charge in [-0.05, 0) is 5.56 Å². The Kier molecular flexibility index (Phi) is 5.12. The van der Waals surface area contributed by atoms with Crippen LogP contribution in [0.4, 0.5) is 5.82 Å². The van der Waals surface area contributed by atoms with Crippen LogP contribution in [0.15, 0.2) is 36.7 Å². The topological polar surface area (TPSA) is 106 Å². The number of fused-ring (bicyclic) bond motifs is 1. The van der Waals surface area contributed by atoms with Gasteiger partial charge >= 0.3 is 6.01 Å². The normalized spacial score (nSPS) is 21.9. The first kappa shape index (κ1) is 18.6. The number of benzene rings is 1. The van der Waals surface area contributed by atoms with Crippen LogP contribution in [0.5, 0.6) is 6.01 Å². The number of aliphatic hydroxyl groups is 2. The highest BCUT2D eigenvalue weighted by Gasteiger charge is 2.37. The molecule has 0 bridgehead atoms. The zero-order chi connectivity index (χ0) is 19.7. The molecule has 3 aromatic rings. The minimum absolute atomic E-state index is 0.261. The number of aliphatic hydroxyl groups excluding tert-OH is 2. The van der Waals surface area contributed by atoms with Gasteiger partial charge in [-0.3, -0.25) is 4.57 Å². The molecule has 3 heterocycles. The van der Waals surface area contributed by atoms with E-state index >= 15 is 0 Å².